The first-order chi connectivity index (χ1) is 10.1. The molecule has 1 aliphatic carbocycles. The van der Waals surface area contributed by atoms with E-state index < -0.39 is 5.54 Å². The monoisotopic (exact) mass is 312 g/mol. The van der Waals surface area contributed by atoms with Gasteiger partial charge in [-0.05, 0) is 37.7 Å². The molecule has 0 bridgehead atoms. The lowest BCUT2D eigenvalue weighted by Gasteiger charge is -2.40. The summed E-state index contributed by atoms with van der Waals surface area (Å²) < 4.78 is 0. The number of hydrogen-bond donors (Lipinski definition) is 1. The van der Waals surface area contributed by atoms with Crippen molar-refractivity contribution in [3.05, 3.63) is 0 Å². The zero-order valence-corrected chi connectivity index (χ0v) is 14.1. The summed E-state index contributed by atoms with van der Waals surface area (Å²) in [5.41, 5.74) is -0.599. The molecule has 0 aromatic heterocycles. The lowest BCUT2D eigenvalue weighted by Crippen LogP contribution is -2.59. The second kappa shape index (κ2) is 7.52. The third-order valence-corrected chi connectivity index (χ3v) is 5.68. The second-order valence-corrected chi connectivity index (χ2v) is 7.67. The van der Waals surface area contributed by atoms with Crippen LogP contribution >= 0.6 is 11.8 Å². The van der Waals surface area contributed by atoms with Crippen LogP contribution in [0.2, 0.25) is 0 Å². The summed E-state index contributed by atoms with van der Waals surface area (Å²) in [6.07, 6.45) is 6.33. The van der Waals surface area contributed by atoms with Crippen molar-refractivity contribution in [2.75, 3.05) is 18.1 Å². The van der Waals surface area contributed by atoms with Crippen LogP contribution in [0.5, 0.6) is 0 Å². The minimum absolute atomic E-state index is 0.0443. The van der Waals surface area contributed by atoms with E-state index >= 15 is 0 Å². The quantitative estimate of drug-likeness (QED) is 0.794. The molecule has 2 rings (SSSR count). The SMILES string of the molecule is CCSCCC(C)N1CCC(=O)NC2(CCCCC2)C1=O. The van der Waals surface area contributed by atoms with Crippen molar-refractivity contribution >= 4 is 23.6 Å². The summed E-state index contributed by atoms with van der Waals surface area (Å²) in [7, 11) is 0. The molecule has 1 aliphatic heterocycles. The molecule has 0 aromatic carbocycles. The normalized spacial score (nSPS) is 23.8. The number of carbonyl (C=O) groups excluding carboxylic acids is 2. The molecule has 4 nitrogen and oxygen atoms in total. The summed E-state index contributed by atoms with van der Waals surface area (Å²) >= 11 is 1.91. The maximum Gasteiger partial charge on any atom is 0.248 e. The third kappa shape index (κ3) is 3.93. The zero-order chi connectivity index (χ0) is 15.3. The first-order valence-electron chi connectivity index (χ1n) is 8.29. The van der Waals surface area contributed by atoms with Crippen molar-refractivity contribution < 1.29 is 9.59 Å². The zero-order valence-electron chi connectivity index (χ0n) is 13.3. The summed E-state index contributed by atoms with van der Waals surface area (Å²) in [4.78, 5) is 27.1. The van der Waals surface area contributed by atoms with Gasteiger partial charge in [-0.25, -0.2) is 0 Å². The molecule has 1 heterocycles. The number of hydrogen-bond acceptors (Lipinski definition) is 3. The van der Waals surface area contributed by atoms with Gasteiger partial charge in [-0.1, -0.05) is 26.2 Å². The van der Waals surface area contributed by atoms with Gasteiger partial charge in [0.1, 0.15) is 5.54 Å². The van der Waals surface area contributed by atoms with Gasteiger partial charge < -0.3 is 10.2 Å². The van der Waals surface area contributed by atoms with Gasteiger partial charge in [0, 0.05) is 19.0 Å². The molecule has 1 saturated heterocycles. The van der Waals surface area contributed by atoms with Gasteiger partial charge in [0.2, 0.25) is 11.8 Å². The first kappa shape index (κ1) is 16.7. The lowest BCUT2D eigenvalue weighted by molar-refractivity contribution is -0.142. The molecule has 2 amide bonds. The van der Waals surface area contributed by atoms with Crippen LogP contribution in [-0.2, 0) is 9.59 Å². The molecular weight excluding hydrogens is 284 g/mol. The van der Waals surface area contributed by atoms with E-state index in [0.717, 1.165) is 43.6 Å². The maximum atomic E-state index is 13.0. The van der Waals surface area contributed by atoms with Gasteiger partial charge >= 0.3 is 0 Å². The summed E-state index contributed by atoms with van der Waals surface area (Å²) in [6.45, 7) is 4.86. The molecule has 0 radical (unpaired) electrons. The van der Waals surface area contributed by atoms with Crippen LogP contribution < -0.4 is 5.32 Å². The van der Waals surface area contributed by atoms with E-state index in [-0.39, 0.29) is 17.9 Å². The van der Waals surface area contributed by atoms with E-state index in [1.54, 1.807) is 0 Å². The van der Waals surface area contributed by atoms with Crippen LogP contribution in [0.4, 0.5) is 0 Å². The second-order valence-electron chi connectivity index (χ2n) is 6.27. The van der Waals surface area contributed by atoms with Crippen molar-refractivity contribution in [3.8, 4) is 0 Å². The Hall–Kier alpha value is -0.710. The number of thioether (sulfide) groups is 1. The molecule has 1 saturated carbocycles. The molecule has 1 N–H and O–H groups in total. The summed E-state index contributed by atoms with van der Waals surface area (Å²) in [6, 6.07) is 0.225. The average Bonchev–Trinajstić information content (AvgIpc) is 2.58. The number of nitrogens with zero attached hydrogens (tertiary/aromatic N) is 1. The van der Waals surface area contributed by atoms with E-state index in [2.05, 4.69) is 19.2 Å². The van der Waals surface area contributed by atoms with Crippen LogP contribution in [0.3, 0.4) is 0 Å². The highest BCUT2D eigenvalue weighted by Crippen LogP contribution is 2.32. The largest absolute Gasteiger partial charge is 0.342 e. The van der Waals surface area contributed by atoms with Crippen molar-refractivity contribution in [1.82, 2.24) is 10.2 Å². The van der Waals surface area contributed by atoms with Crippen molar-refractivity contribution in [3.63, 3.8) is 0 Å². The van der Waals surface area contributed by atoms with Gasteiger partial charge in [-0.15, -0.1) is 0 Å². The van der Waals surface area contributed by atoms with Crippen LogP contribution in [0.25, 0.3) is 0 Å². The molecule has 1 unspecified atom stereocenters. The van der Waals surface area contributed by atoms with Crippen molar-refractivity contribution in [1.29, 1.82) is 0 Å². The Labute approximate surface area is 132 Å². The molecule has 2 aliphatic rings. The van der Waals surface area contributed by atoms with Crippen LogP contribution in [0.1, 0.15) is 58.8 Å². The first-order valence-corrected chi connectivity index (χ1v) is 9.44. The van der Waals surface area contributed by atoms with E-state index in [1.807, 2.05) is 16.7 Å². The number of rotatable bonds is 5. The third-order valence-electron chi connectivity index (χ3n) is 4.75. The lowest BCUT2D eigenvalue weighted by atomic mass is 9.80. The summed E-state index contributed by atoms with van der Waals surface area (Å²) in [5, 5.41) is 3.06. The molecular formula is C16H28N2O2S. The van der Waals surface area contributed by atoms with Crippen molar-refractivity contribution in [2.24, 2.45) is 0 Å². The molecule has 5 heteroatoms. The van der Waals surface area contributed by atoms with E-state index in [0.29, 0.717) is 13.0 Å². The Morgan fingerprint density at radius 2 is 2.00 bits per heavy atom. The van der Waals surface area contributed by atoms with E-state index in [9.17, 15) is 9.59 Å². The fourth-order valence-electron chi connectivity index (χ4n) is 3.45. The highest BCUT2D eigenvalue weighted by atomic mass is 32.2. The van der Waals surface area contributed by atoms with Gasteiger partial charge in [-0.3, -0.25) is 9.59 Å². The van der Waals surface area contributed by atoms with Crippen LogP contribution in [0, 0.1) is 0 Å². The fraction of sp³-hybridized carbons (Fsp3) is 0.875. The Balaban J connectivity index is 2.09. The molecule has 0 aromatic rings. The Morgan fingerprint density at radius 3 is 2.67 bits per heavy atom. The Morgan fingerprint density at radius 1 is 1.29 bits per heavy atom. The van der Waals surface area contributed by atoms with Gasteiger partial charge in [-0.2, -0.15) is 11.8 Å². The number of carbonyl (C=O) groups is 2. The van der Waals surface area contributed by atoms with Crippen LogP contribution in [0.15, 0.2) is 0 Å². The summed E-state index contributed by atoms with van der Waals surface area (Å²) in [5.74, 6) is 2.41. The predicted octanol–water partition coefficient (Wildman–Crippen LogP) is 2.57. The fourth-order valence-corrected chi connectivity index (χ4v) is 4.25. The van der Waals surface area contributed by atoms with Crippen LogP contribution in [-0.4, -0.2) is 46.3 Å². The van der Waals surface area contributed by atoms with Gasteiger partial charge in [0.05, 0.1) is 0 Å². The molecule has 2 fully saturated rings. The highest BCUT2D eigenvalue weighted by Gasteiger charge is 2.45. The van der Waals surface area contributed by atoms with E-state index in [1.165, 1.54) is 6.42 Å². The van der Waals surface area contributed by atoms with E-state index in [4.69, 9.17) is 0 Å². The highest BCUT2D eigenvalue weighted by molar-refractivity contribution is 7.99. The molecule has 1 spiro atoms. The topological polar surface area (TPSA) is 49.4 Å². The standard InChI is InChI=1S/C16H28N2O2S/c1-3-21-12-8-13(2)18-11-7-14(19)17-16(15(18)20)9-5-4-6-10-16/h13H,3-12H2,1-2H3,(H,17,19). The van der Waals surface area contributed by atoms with Gasteiger partial charge in [0.25, 0.3) is 0 Å². The Bertz CT molecular complexity index is 380. The molecule has 120 valence electrons. The average molecular weight is 312 g/mol. The molecule has 21 heavy (non-hydrogen) atoms. The minimum atomic E-state index is -0.599. The van der Waals surface area contributed by atoms with Crippen molar-refractivity contribution in [2.45, 2.75) is 70.4 Å². The number of amides is 2. The smallest absolute Gasteiger partial charge is 0.248 e. The molecule has 1 atom stereocenters. The minimum Gasteiger partial charge on any atom is -0.342 e. The number of nitrogens with one attached hydrogen (secondary N) is 1. The Kier molecular flexibility index (Phi) is 5.97. The van der Waals surface area contributed by atoms with Gasteiger partial charge in [0.15, 0.2) is 0 Å². The maximum absolute atomic E-state index is 13.0. The predicted molar refractivity (Wildman–Crippen MR) is 87.4 cm³/mol.